The van der Waals surface area contributed by atoms with E-state index in [0.717, 1.165) is 13.0 Å². The summed E-state index contributed by atoms with van der Waals surface area (Å²) in [5, 5.41) is 4.06. The molecule has 0 fully saturated rings. The highest BCUT2D eigenvalue weighted by molar-refractivity contribution is 5.75. The van der Waals surface area contributed by atoms with Gasteiger partial charge < -0.3 is 10.6 Å². The molecule has 0 aliphatic rings. The smallest absolute Gasteiger partial charge is 0.244 e. The van der Waals surface area contributed by atoms with E-state index in [-0.39, 0.29) is 11.3 Å². The maximum Gasteiger partial charge on any atom is 0.244 e. The van der Waals surface area contributed by atoms with Crippen LogP contribution in [0.15, 0.2) is 18.5 Å². The summed E-state index contributed by atoms with van der Waals surface area (Å²) in [6, 6.07) is 1.82. The molecule has 1 aromatic heterocycles. The van der Waals surface area contributed by atoms with Crippen molar-refractivity contribution in [2.75, 3.05) is 19.6 Å². The molecule has 1 rings (SSSR count). The summed E-state index contributed by atoms with van der Waals surface area (Å²) >= 11 is 0. The van der Waals surface area contributed by atoms with Gasteiger partial charge in [0, 0.05) is 25.5 Å². The number of nitrogens with zero attached hydrogens (tertiary/aromatic N) is 3. The molecule has 0 aliphatic heterocycles. The molecule has 5 nitrogen and oxygen atoms in total. The molecule has 0 unspecified atom stereocenters. The Labute approximate surface area is 109 Å². The number of carbonyl (C=O) groups is 1. The zero-order valence-electron chi connectivity index (χ0n) is 11.6. The van der Waals surface area contributed by atoms with E-state index >= 15 is 0 Å². The Morgan fingerprint density at radius 3 is 2.72 bits per heavy atom. The summed E-state index contributed by atoms with van der Waals surface area (Å²) in [4.78, 5) is 14.1. The van der Waals surface area contributed by atoms with E-state index in [0.29, 0.717) is 19.6 Å². The molecule has 0 atom stereocenters. The van der Waals surface area contributed by atoms with Gasteiger partial charge in [0.2, 0.25) is 5.91 Å². The molecule has 5 heteroatoms. The van der Waals surface area contributed by atoms with Crippen LogP contribution in [0.5, 0.6) is 0 Å². The fourth-order valence-corrected chi connectivity index (χ4v) is 1.78. The minimum absolute atomic E-state index is 0.0467. The van der Waals surface area contributed by atoms with Gasteiger partial charge in [-0.05, 0) is 24.4 Å². The van der Waals surface area contributed by atoms with Crippen molar-refractivity contribution in [2.45, 2.75) is 33.7 Å². The quantitative estimate of drug-likeness (QED) is 0.790. The number of hydrogen-bond donors (Lipinski definition) is 1. The van der Waals surface area contributed by atoms with Crippen LogP contribution in [0.3, 0.4) is 0 Å². The highest BCUT2D eigenvalue weighted by Gasteiger charge is 2.23. The molecule has 0 saturated carbocycles. The third-order valence-electron chi connectivity index (χ3n) is 2.87. The van der Waals surface area contributed by atoms with Gasteiger partial charge >= 0.3 is 0 Å². The molecule has 0 radical (unpaired) electrons. The van der Waals surface area contributed by atoms with E-state index in [1.165, 1.54) is 0 Å². The van der Waals surface area contributed by atoms with Gasteiger partial charge in [0.25, 0.3) is 0 Å². The minimum atomic E-state index is -0.0467. The van der Waals surface area contributed by atoms with Crippen molar-refractivity contribution in [2.24, 2.45) is 11.1 Å². The summed E-state index contributed by atoms with van der Waals surface area (Å²) in [7, 11) is 0. The van der Waals surface area contributed by atoms with Crippen molar-refractivity contribution < 1.29 is 4.79 Å². The van der Waals surface area contributed by atoms with Gasteiger partial charge in [-0.2, -0.15) is 5.10 Å². The number of amides is 1. The van der Waals surface area contributed by atoms with Gasteiger partial charge in [-0.25, -0.2) is 0 Å². The van der Waals surface area contributed by atoms with Crippen molar-refractivity contribution in [1.29, 1.82) is 0 Å². The Balaban J connectivity index is 2.63. The maximum absolute atomic E-state index is 12.2. The van der Waals surface area contributed by atoms with Gasteiger partial charge in [-0.15, -0.1) is 0 Å². The van der Waals surface area contributed by atoms with E-state index < -0.39 is 0 Å². The Morgan fingerprint density at radius 2 is 2.22 bits per heavy atom. The molecule has 0 spiro atoms. The van der Waals surface area contributed by atoms with E-state index in [2.05, 4.69) is 25.9 Å². The zero-order valence-corrected chi connectivity index (χ0v) is 11.6. The molecular weight excluding hydrogens is 228 g/mol. The number of carbonyl (C=O) groups excluding carboxylic acids is 1. The van der Waals surface area contributed by atoms with Crippen LogP contribution in [-0.4, -0.2) is 40.2 Å². The van der Waals surface area contributed by atoms with E-state index in [4.69, 9.17) is 5.73 Å². The van der Waals surface area contributed by atoms with Crippen LogP contribution in [0, 0.1) is 5.41 Å². The van der Waals surface area contributed by atoms with Crippen molar-refractivity contribution in [3.05, 3.63) is 18.5 Å². The molecule has 1 amide bonds. The van der Waals surface area contributed by atoms with E-state index in [1.54, 1.807) is 17.1 Å². The first-order valence-electron chi connectivity index (χ1n) is 6.44. The second-order valence-corrected chi connectivity index (χ2v) is 5.39. The molecule has 18 heavy (non-hydrogen) atoms. The zero-order chi connectivity index (χ0) is 13.6. The Morgan fingerprint density at radius 1 is 1.50 bits per heavy atom. The standard InChI is InChI=1S/C13H24N4O/c1-4-7-16(11-13(2,3)10-14)12(18)9-17-8-5-6-15-17/h5-6,8H,4,7,9-11,14H2,1-3H3. The average Bonchev–Trinajstić information content (AvgIpc) is 2.81. The Kier molecular flexibility index (Phi) is 5.34. The molecule has 102 valence electrons. The van der Waals surface area contributed by atoms with Crippen LogP contribution in [0.25, 0.3) is 0 Å². The SMILES string of the molecule is CCCN(CC(C)(C)CN)C(=O)Cn1cccn1. The van der Waals surface area contributed by atoms with Crippen molar-refractivity contribution in [3.63, 3.8) is 0 Å². The minimum Gasteiger partial charge on any atom is -0.341 e. The summed E-state index contributed by atoms with van der Waals surface area (Å²) in [6.45, 7) is 8.56. The second-order valence-electron chi connectivity index (χ2n) is 5.39. The fourth-order valence-electron chi connectivity index (χ4n) is 1.78. The third-order valence-corrected chi connectivity index (χ3v) is 2.87. The van der Waals surface area contributed by atoms with Gasteiger partial charge in [-0.1, -0.05) is 20.8 Å². The van der Waals surface area contributed by atoms with Gasteiger partial charge in [0.1, 0.15) is 6.54 Å². The van der Waals surface area contributed by atoms with Crippen LogP contribution in [0.2, 0.25) is 0 Å². The molecule has 0 saturated heterocycles. The van der Waals surface area contributed by atoms with Gasteiger partial charge in [0.15, 0.2) is 0 Å². The average molecular weight is 252 g/mol. The van der Waals surface area contributed by atoms with Crippen LogP contribution in [0.4, 0.5) is 0 Å². The van der Waals surface area contributed by atoms with Crippen LogP contribution >= 0.6 is 0 Å². The molecule has 1 heterocycles. The van der Waals surface area contributed by atoms with Crippen LogP contribution in [-0.2, 0) is 11.3 Å². The first-order valence-corrected chi connectivity index (χ1v) is 6.44. The lowest BCUT2D eigenvalue weighted by Crippen LogP contribution is -2.43. The largest absolute Gasteiger partial charge is 0.341 e. The van der Waals surface area contributed by atoms with E-state index in [1.807, 2.05) is 11.0 Å². The number of aromatic nitrogens is 2. The van der Waals surface area contributed by atoms with Crippen molar-refractivity contribution in [1.82, 2.24) is 14.7 Å². The topological polar surface area (TPSA) is 64.2 Å². The highest BCUT2D eigenvalue weighted by Crippen LogP contribution is 2.15. The summed E-state index contributed by atoms with van der Waals surface area (Å²) in [5.41, 5.74) is 5.68. The number of rotatable bonds is 7. The number of nitrogens with two attached hydrogens (primary N) is 1. The van der Waals surface area contributed by atoms with Crippen molar-refractivity contribution >= 4 is 5.91 Å². The molecule has 0 bridgehead atoms. The molecular formula is C13H24N4O. The highest BCUT2D eigenvalue weighted by atomic mass is 16.2. The molecule has 1 aromatic rings. The maximum atomic E-state index is 12.2. The molecule has 0 aliphatic carbocycles. The van der Waals surface area contributed by atoms with Gasteiger partial charge in [-0.3, -0.25) is 9.48 Å². The first kappa shape index (κ1) is 14.7. The predicted octanol–water partition coefficient (Wildman–Crippen LogP) is 1.11. The summed E-state index contributed by atoms with van der Waals surface area (Å²) < 4.78 is 1.65. The monoisotopic (exact) mass is 252 g/mol. The first-order chi connectivity index (χ1) is 8.48. The van der Waals surface area contributed by atoms with Crippen molar-refractivity contribution in [3.8, 4) is 0 Å². The van der Waals surface area contributed by atoms with Gasteiger partial charge in [0.05, 0.1) is 0 Å². The van der Waals surface area contributed by atoms with E-state index in [9.17, 15) is 4.79 Å². The lowest BCUT2D eigenvalue weighted by Gasteiger charge is -2.31. The predicted molar refractivity (Wildman–Crippen MR) is 71.9 cm³/mol. The second kappa shape index (κ2) is 6.54. The van der Waals surface area contributed by atoms with Crippen LogP contribution < -0.4 is 5.73 Å². The Hall–Kier alpha value is -1.36. The molecule has 0 aromatic carbocycles. The van der Waals surface area contributed by atoms with Crippen LogP contribution in [0.1, 0.15) is 27.2 Å². The number of hydrogen-bond acceptors (Lipinski definition) is 3. The lowest BCUT2D eigenvalue weighted by atomic mass is 9.93. The third kappa shape index (κ3) is 4.49. The Bertz CT molecular complexity index is 359. The summed E-state index contributed by atoms with van der Waals surface area (Å²) in [5.74, 6) is 0.0991. The molecule has 2 N–H and O–H groups in total. The lowest BCUT2D eigenvalue weighted by molar-refractivity contribution is -0.133. The normalized spacial score (nSPS) is 11.6. The summed E-state index contributed by atoms with van der Waals surface area (Å²) in [6.07, 6.45) is 4.43. The fraction of sp³-hybridized carbons (Fsp3) is 0.692.